The number of carbonyl (C=O) groups is 1. The summed E-state index contributed by atoms with van der Waals surface area (Å²) in [7, 11) is 1.66. The zero-order valence-corrected chi connectivity index (χ0v) is 9.72. The second-order valence-electron chi connectivity index (χ2n) is 4.37. The molecule has 0 spiro atoms. The van der Waals surface area contributed by atoms with Crippen LogP contribution in [-0.4, -0.2) is 34.2 Å². The average Bonchev–Trinajstić information content (AvgIpc) is 2.29. The van der Waals surface area contributed by atoms with Gasteiger partial charge in [-0.1, -0.05) is 6.92 Å². The van der Waals surface area contributed by atoms with Crippen molar-refractivity contribution >= 4 is 11.6 Å². The molecule has 1 fully saturated rings. The van der Waals surface area contributed by atoms with Gasteiger partial charge in [-0.05, 0) is 20.3 Å². The smallest absolute Gasteiger partial charge is 0.259 e. The molecule has 0 atom stereocenters. The summed E-state index contributed by atoms with van der Waals surface area (Å²) in [4.78, 5) is 13.3. The van der Waals surface area contributed by atoms with Gasteiger partial charge in [0.05, 0.1) is 11.3 Å². The van der Waals surface area contributed by atoms with Crippen LogP contribution in [0.3, 0.4) is 0 Å². The van der Waals surface area contributed by atoms with Crippen LogP contribution in [0.15, 0.2) is 11.3 Å². The fourth-order valence-electron chi connectivity index (χ4n) is 1.63. The van der Waals surface area contributed by atoms with E-state index in [9.17, 15) is 9.90 Å². The van der Waals surface area contributed by atoms with Gasteiger partial charge in [0.1, 0.15) is 11.3 Å². The summed E-state index contributed by atoms with van der Waals surface area (Å²) in [6.07, 6.45) is 1.22. The van der Waals surface area contributed by atoms with Crippen molar-refractivity contribution in [3.05, 3.63) is 11.3 Å². The Morgan fingerprint density at radius 1 is 1.53 bits per heavy atom. The Morgan fingerprint density at radius 3 is 2.40 bits per heavy atom. The predicted molar refractivity (Wildman–Crippen MR) is 59.1 cm³/mol. The number of likely N-dealkylation sites (tertiary alicyclic amines) is 1. The molecule has 0 aromatic rings. The van der Waals surface area contributed by atoms with Crippen molar-refractivity contribution in [3.8, 4) is 0 Å². The standard InChI is InChI=1S/C11H18N2O2/c1-5-6-7(14)8-9(12)11(2,3)13(4)10(8)15/h12,14H,5-6H2,1-4H3/b8-7-,12-9?. The fourth-order valence-corrected chi connectivity index (χ4v) is 1.63. The molecule has 0 bridgehead atoms. The van der Waals surface area contributed by atoms with E-state index in [2.05, 4.69) is 0 Å². The van der Waals surface area contributed by atoms with Gasteiger partial charge >= 0.3 is 0 Å². The van der Waals surface area contributed by atoms with E-state index >= 15 is 0 Å². The highest BCUT2D eigenvalue weighted by atomic mass is 16.3. The van der Waals surface area contributed by atoms with Crippen molar-refractivity contribution in [2.24, 2.45) is 0 Å². The molecule has 15 heavy (non-hydrogen) atoms. The van der Waals surface area contributed by atoms with E-state index in [0.29, 0.717) is 6.42 Å². The summed E-state index contributed by atoms with van der Waals surface area (Å²) in [5.74, 6) is -0.208. The van der Waals surface area contributed by atoms with E-state index in [0.717, 1.165) is 6.42 Å². The van der Waals surface area contributed by atoms with Crippen LogP contribution in [0.25, 0.3) is 0 Å². The lowest BCUT2D eigenvalue weighted by atomic mass is 9.96. The number of allylic oxidation sites excluding steroid dienone is 1. The molecule has 0 aromatic heterocycles. The minimum atomic E-state index is -0.617. The average molecular weight is 210 g/mol. The lowest BCUT2D eigenvalue weighted by Crippen LogP contribution is -2.41. The van der Waals surface area contributed by atoms with Crippen LogP contribution in [0, 0.1) is 5.41 Å². The first-order chi connectivity index (χ1) is 6.84. The van der Waals surface area contributed by atoms with E-state index < -0.39 is 5.54 Å². The Kier molecular flexibility index (Phi) is 2.88. The lowest BCUT2D eigenvalue weighted by Gasteiger charge is -2.26. The van der Waals surface area contributed by atoms with Crippen LogP contribution in [0.2, 0.25) is 0 Å². The van der Waals surface area contributed by atoms with E-state index in [1.165, 1.54) is 4.90 Å². The summed E-state index contributed by atoms with van der Waals surface area (Å²) in [5.41, 5.74) is -0.223. The van der Waals surface area contributed by atoms with Crippen LogP contribution in [0.5, 0.6) is 0 Å². The molecular weight excluding hydrogens is 192 g/mol. The highest BCUT2D eigenvalue weighted by molar-refractivity contribution is 6.29. The zero-order valence-electron chi connectivity index (χ0n) is 9.72. The number of aliphatic hydroxyl groups excluding tert-OH is 1. The molecule has 1 aliphatic heterocycles. The van der Waals surface area contributed by atoms with Gasteiger partial charge in [-0.3, -0.25) is 4.79 Å². The van der Waals surface area contributed by atoms with Crippen molar-refractivity contribution in [2.45, 2.75) is 39.2 Å². The van der Waals surface area contributed by atoms with Gasteiger partial charge in [0.2, 0.25) is 0 Å². The van der Waals surface area contributed by atoms with Crippen molar-refractivity contribution in [2.75, 3.05) is 7.05 Å². The molecule has 1 saturated heterocycles. The van der Waals surface area contributed by atoms with Gasteiger partial charge in [0.25, 0.3) is 5.91 Å². The summed E-state index contributed by atoms with van der Waals surface area (Å²) in [5, 5.41) is 17.6. The third-order valence-electron chi connectivity index (χ3n) is 2.99. The molecule has 1 rings (SSSR count). The molecule has 1 aliphatic rings. The van der Waals surface area contributed by atoms with Gasteiger partial charge in [-0.15, -0.1) is 0 Å². The summed E-state index contributed by atoms with van der Waals surface area (Å²) >= 11 is 0. The molecule has 4 heteroatoms. The highest BCUT2D eigenvalue weighted by Crippen LogP contribution is 2.30. The number of carbonyl (C=O) groups excluding carboxylic acids is 1. The predicted octanol–water partition coefficient (Wildman–Crippen LogP) is 1.87. The van der Waals surface area contributed by atoms with Crippen LogP contribution in [-0.2, 0) is 4.79 Å². The number of rotatable bonds is 2. The quantitative estimate of drug-likeness (QED) is 0.539. The van der Waals surface area contributed by atoms with E-state index in [-0.39, 0.29) is 23.0 Å². The van der Waals surface area contributed by atoms with Crippen LogP contribution < -0.4 is 0 Å². The molecule has 0 saturated carbocycles. The van der Waals surface area contributed by atoms with Crippen molar-refractivity contribution < 1.29 is 9.90 Å². The minimum Gasteiger partial charge on any atom is -0.511 e. The first kappa shape index (κ1) is 11.8. The molecule has 1 heterocycles. The second-order valence-corrected chi connectivity index (χ2v) is 4.37. The minimum absolute atomic E-state index is 0.0462. The number of hydrogen-bond acceptors (Lipinski definition) is 3. The van der Waals surface area contributed by atoms with E-state index in [1.807, 2.05) is 6.92 Å². The van der Waals surface area contributed by atoms with Crippen LogP contribution >= 0.6 is 0 Å². The summed E-state index contributed by atoms with van der Waals surface area (Å²) in [6.45, 7) is 5.54. The molecular formula is C11H18N2O2. The maximum absolute atomic E-state index is 11.8. The maximum atomic E-state index is 11.8. The Bertz CT molecular complexity index is 342. The molecule has 0 aliphatic carbocycles. The summed E-state index contributed by atoms with van der Waals surface area (Å²) in [6, 6.07) is 0. The number of nitrogens with zero attached hydrogens (tertiary/aromatic N) is 1. The third-order valence-corrected chi connectivity index (χ3v) is 2.99. The van der Waals surface area contributed by atoms with E-state index in [4.69, 9.17) is 5.41 Å². The van der Waals surface area contributed by atoms with Crippen LogP contribution in [0.1, 0.15) is 33.6 Å². The SMILES string of the molecule is CCC/C(O)=C1\C(=N)C(C)(C)N(C)C1=O. The van der Waals surface area contributed by atoms with Gasteiger partial charge in [0, 0.05) is 13.5 Å². The Balaban J connectivity index is 3.19. The number of nitrogens with one attached hydrogen (secondary N) is 1. The molecule has 0 radical (unpaired) electrons. The Morgan fingerprint density at radius 2 is 2.07 bits per heavy atom. The Labute approximate surface area is 90.1 Å². The van der Waals surface area contributed by atoms with Crippen molar-refractivity contribution in [1.29, 1.82) is 5.41 Å². The normalized spacial score (nSPS) is 23.6. The number of amides is 1. The number of hydrogen-bond donors (Lipinski definition) is 2. The lowest BCUT2D eigenvalue weighted by molar-refractivity contribution is -0.126. The Hall–Kier alpha value is -1.32. The molecule has 0 unspecified atom stereocenters. The van der Waals surface area contributed by atoms with Gasteiger partial charge in [-0.2, -0.15) is 0 Å². The third kappa shape index (κ3) is 1.64. The molecule has 4 nitrogen and oxygen atoms in total. The molecule has 84 valence electrons. The maximum Gasteiger partial charge on any atom is 0.259 e. The molecule has 1 amide bonds. The first-order valence-electron chi connectivity index (χ1n) is 5.13. The molecule has 0 aromatic carbocycles. The summed E-state index contributed by atoms with van der Waals surface area (Å²) < 4.78 is 0. The number of aliphatic hydroxyl groups is 1. The molecule has 2 N–H and O–H groups in total. The number of likely N-dealkylation sites (N-methyl/N-ethyl adjacent to an activating group) is 1. The fraction of sp³-hybridized carbons (Fsp3) is 0.636. The van der Waals surface area contributed by atoms with Crippen molar-refractivity contribution in [1.82, 2.24) is 4.90 Å². The second kappa shape index (κ2) is 3.68. The van der Waals surface area contributed by atoms with E-state index in [1.54, 1.807) is 20.9 Å². The van der Waals surface area contributed by atoms with Crippen molar-refractivity contribution in [3.63, 3.8) is 0 Å². The first-order valence-corrected chi connectivity index (χ1v) is 5.13. The highest BCUT2D eigenvalue weighted by Gasteiger charge is 2.45. The topological polar surface area (TPSA) is 64.4 Å². The largest absolute Gasteiger partial charge is 0.511 e. The monoisotopic (exact) mass is 210 g/mol. The van der Waals surface area contributed by atoms with Gasteiger partial charge in [0.15, 0.2) is 0 Å². The van der Waals surface area contributed by atoms with Gasteiger partial charge < -0.3 is 15.4 Å². The van der Waals surface area contributed by atoms with Gasteiger partial charge in [-0.25, -0.2) is 0 Å². The van der Waals surface area contributed by atoms with Crippen LogP contribution in [0.4, 0.5) is 0 Å². The zero-order chi connectivity index (χ0) is 11.8.